The van der Waals surface area contributed by atoms with Crippen molar-refractivity contribution in [3.05, 3.63) is 77.4 Å². The van der Waals surface area contributed by atoms with Gasteiger partial charge in [-0.25, -0.2) is 5.43 Å². The van der Waals surface area contributed by atoms with Gasteiger partial charge in [0.2, 0.25) is 5.91 Å². The third kappa shape index (κ3) is 3.35. The van der Waals surface area contributed by atoms with Crippen molar-refractivity contribution in [2.75, 3.05) is 0 Å². The Morgan fingerprint density at radius 3 is 2.48 bits per heavy atom. The zero-order valence-electron chi connectivity index (χ0n) is 19.1. The SMILES string of the molecule is Cc1ccc(C23C[C@@H]4C[C@@H](CC(C(=O)N/N=C\c5c(O)ccc6ccccc56)(C4)C2)C3)cc1. The van der Waals surface area contributed by atoms with Crippen molar-refractivity contribution in [2.24, 2.45) is 22.4 Å². The van der Waals surface area contributed by atoms with E-state index in [1.165, 1.54) is 30.4 Å². The van der Waals surface area contributed by atoms with Crippen LogP contribution in [-0.4, -0.2) is 17.2 Å². The molecule has 0 spiro atoms. The lowest BCUT2D eigenvalue weighted by molar-refractivity contribution is -0.149. The maximum absolute atomic E-state index is 13.6. The molecule has 4 aliphatic rings. The van der Waals surface area contributed by atoms with Gasteiger partial charge in [-0.15, -0.1) is 0 Å². The molecule has 3 aromatic carbocycles. The summed E-state index contributed by atoms with van der Waals surface area (Å²) in [6.07, 6.45) is 8.11. The first-order valence-corrected chi connectivity index (χ1v) is 12.1. The number of aromatic hydroxyl groups is 1. The van der Waals surface area contributed by atoms with Crippen LogP contribution in [0.3, 0.4) is 0 Å². The summed E-state index contributed by atoms with van der Waals surface area (Å²) < 4.78 is 0. The Kier molecular flexibility index (Phi) is 4.62. The molecule has 7 rings (SSSR count). The van der Waals surface area contributed by atoms with Crippen molar-refractivity contribution in [1.82, 2.24) is 5.43 Å². The van der Waals surface area contributed by atoms with E-state index in [9.17, 15) is 9.90 Å². The molecule has 2 N–H and O–H groups in total. The van der Waals surface area contributed by atoms with E-state index in [-0.39, 0.29) is 22.5 Å². The fraction of sp³-hybridized carbons (Fsp3) is 0.379. The van der Waals surface area contributed by atoms with Crippen LogP contribution in [0.5, 0.6) is 5.75 Å². The standard InChI is InChI=1S/C29H30N2O2/c1-19-6-9-23(10-7-19)28-13-20-12-21(14-28)16-29(15-20,18-28)27(33)31-30-17-25-24-5-3-2-4-22(24)8-11-26(25)32/h2-11,17,20-21,32H,12-16,18H2,1H3,(H,31,33)/b30-17-/t20-,21+,28?,29?. The number of carbonyl (C=O) groups is 1. The number of hydrogen-bond acceptors (Lipinski definition) is 3. The Bertz CT molecular complexity index is 1250. The zero-order valence-corrected chi connectivity index (χ0v) is 19.1. The molecule has 0 radical (unpaired) electrons. The Labute approximate surface area is 194 Å². The summed E-state index contributed by atoms with van der Waals surface area (Å²) in [5, 5.41) is 16.7. The van der Waals surface area contributed by atoms with Crippen LogP contribution in [0.1, 0.15) is 55.2 Å². The Hall–Kier alpha value is -3.14. The molecule has 1 amide bonds. The number of rotatable bonds is 4. The van der Waals surface area contributed by atoms with Gasteiger partial charge in [-0.2, -0.15) is 5.10 Å². The molecule has 4 aliphatic carbocycles. The van der Waals surface area contributed by atoms with E-state index in [1.807, 2.05) is 30.3 Å². The second-order valence-corrected chi connectivity index (χ2v) is 10.8. The molecule has 3 aromatic rings. The second-order valence-electron chi connectivity index (χ2n) is 10.8. The Balaban J connectivity index is 1.27. The van der Waals surface area contributed by atoms with E-state index in [1.54, 1.807) is 12.3 Å². The number of amides is 1. The molecule has 0 heterocycles. The number of fused-ring (bicyclic) bond motifs is 1. The van der Waals surface area contributed by atoms with Gasteiger partial charge in [0, 0.05) is 5.56 Å². The first-order chi connectivity index (χ1) is 16.0. The lowest BCUT2D eigenvalue weighted by Gasteiger charge is -2.61. The first kappa shape index (κ1) is 20.5. The van der Waals surface area contributed by atoms with Crippen molar-refractivity contribution in [2.45, 2.75) is 50.9 Å². The highest BCUT2D eigenvalue weighted by molar-refractivity contribution is 6.02. The van der Waals surface area contributed by atoms with Crippen LogP contribution in [0.2, 0.25) is 0 Å². The van der Waals surface area contributed by atoms with Gasteiger partial charge in [-0.05, 0) is 85.1 Å². The van der Waals surface area contributed by atoms with Gasteiger partial charge >= 0.3 is 0 Å². The highest BCUT2D eigenvalue weighted by Crippen LogP contribution is 2.65. The van der Waals surface area contributed by atoms with Crippen LogP contribution in [0.4, 0.5) is 0 Å². The minimum Gasteiger partial charge on any atom is -0.507 e. The Morgan fingerprint density at radius 1 is 1.00 bits per heavy atom. The predicted octanol–water partition coefficient (Wildman–Crippen LogP) is 5.84. The average Bonchev–Trinajstić information content (AvgIpc) is 2.80. The molecule has 0 aliphatic heterocycles. The molecular formula is C29H30N2O2. The van der Waals surface area contributed by atoms with Crippen LogP contribution in [0, 0.1) is 24.2 Å². The molecule has 33 heavy (non-hydrogen) atoms. The summed E-state index contributed by atoms with van der Waals surface area (Å²) in [7, 11) is 0. The lowest BCUT2D eigenvalue weighted by Crippen LogP contribution is -2.58. The van der Waals surface area contributed by atoms with Gasteiger partial charge in [-0.1, -0.05) is 60.2 Å². The molecule has 4 saturated carbocycles. The number of aryl methyl sites for hydroxylation is 1. The van der Waals surface area contributed by atoms with Crippen molar-refractivity contribution in [3.63, 3.8) is 0 Å². The zero-order chi connectivity index (χ0) is 22.6. The molecule has 2 unspecified atom stereocenters. The van der Waals surface area contributed by atoms with Gasteiger partial charge in [0.1, 0.15) is 5.75 Å². The highest BCUT2D eigenvalue weighted by atomic mass is 16.3. The van der Waals surface area contributed by atoms with Crippen LogP contribution in [0.25, 0.3) is 10.8 Å². The van der Waals surface area contributed by atoms with Crippen LogP contribution >= 0.6 is 0 Å². The minimum atomic E-state index is -0.340. The number of phenols is 1. The van der Waals surface area contributed by atoms with Crippen LogP contribution in [-0.2, 0) is 10.2 Å². The summed E-state index contributed by atoms with van der Waals surface area (Å²) in [4.78, 5) is 13.6. The number of hydrogen-bond donors (Lipinski definition) is 2. The molecule has 4 bridgehead atoms. The number of phenolic OH excluding ortho intramolecular Hbond substituents is 1. The van der Waals surface area contributed by atoms with Gasteiger partial charge in [0.05, 0.1) is 11.6 Å². The van der Waals surface area contributed by atoms with E-state index in [4.69, 9.17) is 0 Å². The van der Waals surface area contributed by atoms with Crippen molar-refractivity contribution < 1.29 is 9.90 Å². The summed E-state index contributed by atoms with van der Waals surface area (Å²) in [6, 6.07) is 20.4. The molecular weight excluding hydrogens is 408 g/mol. The third-order valence-corrected chi connectivity index (χ3v) is 8.51. The van der Waals surface area contributed by atoms with Gasteiger partial charge in [0.25, 0.3) is 0 Å². The van der Waals surface area contributed by atoms with Gasteiger partial charge in [0.15, 0.2) is 0 Å². The van der Waals surface area contributed by atoms with Gasteiger partial charge in [-0.3, -0.25) is 4.79 Å². The normalized spacial score (nSPS) is 30.2. The van der Waals surface area contributed by atoms with E-state index in [0.717, 1.165) is 30.0 Å². The fourth-order valence-electron chi connectivity index (χ4n) is 7.47. The fourth-order valence-corrected chi connectivity index (χ4v) is 7.47. The minimum absolute atomic E-state index is 0.0454. The number of carbonyl (C=O) groups excluding carboxylic acids is 1. The maximum atomic E-state index is 13.6. The predicted molar refractivity (Wildman–Crippen MR) is 131 cm³/mol. The largest absolute Gasteiger partial charge is 0.507 e. The molecule has 168 valence electrons. The first-order valence-electron chi connectivity index (χ1n) is 12.1. The number of hydrazone groups is 1. The number of nitrogens with one attached hydrogen (secondary N) is 1. The topological polar surface area (TPSA) is 61.7 Å². The van der Waals surface area contributed by atoms with E-state index in [0.29, 0.717) is 17.4 Å². The molecule has 4 fully saturated rings. The summed E-state index contributed by atoms with van der Waals surface area (Å²) >= 11 is 0. The molecule has 4 heteroatoms. The molecule has 4 atom stereocenters. The summed E-state index contributed by atoms with van der Waals surface area (Å²) in [5.41, 5.74) is 5.97. The van der Waals surface area contributed by atoms with E-state index in [2.05, 4.69) is 41.7 Å². The van der Waals surface area contributed by atoms with Crippen molar-refractivity contribution in [3.8, 4) is 5.75 Å². The van der Waals surface area contributed by atoms with Crippen LogP contribution < -0.4 is 5.43 Å². The lowest BCUT2D eigenvalue weighted by atomic mass is 9.42. The summed E-state index contributed by atoms with van der Waals surface area (Å²) in [5.74, 6) is 1.44. The smallest absolute Gasteiger partial charge is 0.246 e. The quantitative estimate of drug-likeness (QED) is 0.397. The highest BCUT2D eigenvalue weighted by Gasteiger charge is 2.60. The van der Waals surface area contributed by atoms with Crippen molar-refractivity contribution in [1.29, 1.82) is 0 Å². The second kappa shape index (κ2) is 7.44. The van der Waals surface area contributed by atoms with Gasteiger partial charge < -0.3 is 5.11 Å². The summed E-state index contributed by atoms with van der Waals surface area (Å²) in [6.45, 7) is 2.13. The maximum Gasteiger partial charge on any atom is 0.246 e. The number of nitrogens with zero attached hydrogens (tertiary/aromatic N) is 1. The van der Waals surface area contributed by atoms with Crippen LogP contribution in [0.15, 0.2) is 65.8 Å². The van der Waals surface area contributed by atoms with E-state index < -0.39 is 0 Å². The molecule has 0 aromatic heterocycles. The third-order valence-electron chi connectivity index (χ3n) is 8.51. The monoisotopic (exact) mass is 438 g/mol. The van der Waals surface area contributed by atoms with Crippen molar-refractivity contribution >= 4 is 22.9 Å². The average molecular weight is 439 g/mol. The van der Waals surface area contributed by atoms with E-state index >= 15 is 0 Å². The molecule has 0 saturated heterocycles. The molecule has 4 nitrogen and oxygen atoms in total. The number of benzene rings is 3. The Morgan fingerprint density at radius 2 is 1.73 bits per heavy atom.